The maximum absolute atomic E-state index is 14.2. The van der Waals surface area contributed by atoms with Crippen LogP contribution in [0.5, 0.6) is 0 Å². The second-order valence-electron chi connectivity index (χ2n) is 7.45. The van der Waals surface area contributed by atoms with Crippen LogP contribution in [0.4, 0.5) is 10.1 Å². The molecular formula is C22H29FN2O2S. The van der Waals surface area contributed by atoms with Crippen LogP contribution in [-0.2, 0) is 29.3 Å². The Morgan fingerprint density at radius 2 is 1.93 bits per heavy atom. The minimum absolute atomic E-state index is 0.0240. The number of fused-ring (bicyclic) bond motifs is 1. The van der Waals surface area contributed by atoms with E-state index >= 15 is 0 Å². The van der Waals surface area contributed by atoms with Crippen molar-refractivity contribution in [1.82, 2.24) is 5.32 Å². The van der Waals surface area contributed by atoms with Gasteiger partial charge in [0.1, 0.15) is 5.82 Å². The maximum Gasteiger partial charge on any atom is 0.262 e. The predicted octanol–water partition coefficient (Wildman–Crippen LogP) is 4.44. The van der Waals surface area contributed by atoms with Crippen LogP contribution in [-0.4, -0.2) is 21.0 Å². The van der Waals surface area contributed by atoms with Gasteiger partial charge in [-0.3, -0.25) is 4.72 Å². The van der Waals surface area contributed by atoms with Crippen molar-refractivity contribution in [2.24, 2.45) is 0 Å². The molecule has 0 saturated heterocycles. The number of sulfonamides is 1. The van der Waals surface area contributed by atoms with E-state index in [9.17, 15) is 12.8 Å². The SMILES string of the molecule is CCCN[C@H]1CCc2cc(NS(=O)(=O)c3cccc(F)c3CCC)ccc2C1. The summed E-state index contributed by atoms with van der Waals surface area (Å²) in [6.45, 7) is 5.08. The summed E-state index contributed by atoms with van der Waals surface area (Å²) in [6, 6.07) is 10.4. The van der Waals surface area contributed by atoms with Crippen molar-refractivity contribution < 1.29 is 12.8 Å². The lowest BCUT2D eigenvalue weighted by atomic mass is 9.88. The van der Waals surface area contributed by atoms with E-state index in [0.717, 1.165) is 32.2 Å². The molecule has 152 valence electrons. The molecule has 0 bridgehead atoms. The molecule has 0 fully saturated rings. The van der Waals surface area contributed by atoms with Crippen LogP contribution in [0.25, 0.3) is 0 Å². The third kappa shape index (κ3) is 4.73. The molecule has 1 aliphatic rings. The fourth-order valence-electron chi connectivity index (χ4n) is 3.83. The van der Waals surface area contributed by atoms with Gasteiger partial charge in [-0.1, -0.05) is 32.4 Å². The summed E-state index contributed by atoms with van der Waals surface area (Å²) in [7, 11) is -3.84. The van der Waals surface area contributed by atoms with Crippen molar-refractivity contribution in [3.63, 3.8) is 0 Å². The molecule has 0 spiro atoms. The minimum atomic E-state index is -3.84. The van der Waals surface area contributed by atoms with Gasteiger partial charge < -0.3 is 5.32 Å². The van der Waals surface area contributed by atoms with Gasteiger partial charge in [0.25, 0.3) is 10.0 Å². The molecule has 6 heteroatoms. The van der Waals surface area contributed by atoms with Crippen LogP contribution in [0.3, 0.4) is 0 Å². The molecular weight excluding hydrogens is 375 g/mol. The number of rotatable bonds is 8. The van der Waals surface area contributed by atoms with Gasteiger partial charge >= 0.3 is 0 Å². The smallest absolute Gasteiger partial charge is 0.262 e. The van der Waals surface area contributed by atoms with E-state index in [4.69, 9.17) is 0 Å². The van der Waals surface area contributed by atoms with Gasteiger partial charge in [-0.15, -0.1) is 0 Å². The van der Waals surface area contributed by atoms with E-state index in [0.29, 0.717) is 24.6 Å². The highest BCUT2D eigenvalue weighted by Gasteiger charge is 2.22. The topological polar surface area (TPSA) is 58.2 Å². The van der Waals surface area contributed by atoms with Crippen LogP contribution in [0.2, 0.25) is 0 Å². The molecule has 0 radical (unpaired) electrons. The number of aryl methyl sites for hydroxylation is 1. The molecule has 0 amide bonds. The van der Waals surface area contributed by atoms with Crippen molar-refractivity contribution in [3.8, 4) is 0 Å². The molecule has 3 rings (SSSR count). The van der Waals surface area contributed by atoms with Crippen molar-refractivity contribution in [2.75, 3.05) is 11.3 Å². The normalized spacial score (nSPS) is 16.6. The average molecular weight is 405 g/mol. The van der Waals surface area contributed by atoms with Crippen LogP contribution >= 0.6 is 0 Å². The van der Waals surface area contributed by atoms with Gasteiger partial charge in [-0.05, 0) is 74.0 Å². The van der Waals surface area contributed by atoms with E-state index in [1.54, 1.807) is 6.07 Å². The first-order valence-corrected chi connectivity index (χ1v) is 11.6. The summed E-state index contributed by atoms with van der Waals surface area (Å²) in [6.07, 6.45) is 5.12. The number of benzene rings is 2. The van der Waals surface area contributed by atoms with Crippen molar-refractivity contribution in [3.05, 3.63) is 58.9 Å². The van der Waals surface area contributed by atoms with Crippen LogP contribution in [0.15, 0.2) is 41.3 Å². The van der Waals surface area contributed by atoms with Gasteiger partial charge in [0.2, 0.25) is 0 Å². The summed E-state index contributed by atoms with van der Waals surface area (Å²) >= 11 is 0. The van der Waals surface area contributed by atoms with Crippen molar-refractivity contribution >= 4 is 15.7 Å². The zero-order valence-electron chi connectivity index (χ0n) is 16.6. The third-order valence-corrected chi connectivity index (χ3v) is 6.70. The monoisotopic (exact) mass is 404 g/mol. The summed E-state index contributed by atoms with van der Waals surface area (Å²) in [4.78, 5) is 0.0240. The molecule has 0 saturated carbocycles. The van der Waals surface area contributed by atoms with Crippen molar-refractivity contribution in [2.45, 2.75) is 63.3 Å². The fourth-order valence-corrected chi connectivity index (χ4v) is 5.16. The van der Waals surface area contributed by atoms with Gasteiger partial charge in [-0.2, -0.15) is 0 Å². The van der Waals surface area contributed by atoms with E-state index in [1.807, 2.05) is 19.1 Å². The molecule has 0 heterocycles. The lowest BCUT2D eigenvalue weighted by Crippen LogP contribution is -2.35. The van der Waals surface area contributed by atoms with Gasteiger partial charge in [0.15, 0.2) is 0 Å². The van der Waals surface area contributed by atoms with Crippen LogP contribution < -0.4 is 10.0 Å². The zero-order valence-corrected chi connectivity index (χ0v) is 17.4. The molecule has 0 aromatic heterocycles. The lowest BCUT2D eigenvalue weighted by Gasteiger charge is -2.26. The Morgan fingerprint density at radius 3 is 2.68 bits per heavy atom. The quantitative estimate of drug-likeness (QED) is 0.684. The first-order valence-electron chi connectivity index (χ1n) is 10.1. The van der Waals surface area contributed by atoms with Crippen LogP contribution in [0.1, 0.15) is 49.8 Å². The second kappa shape index (κ2) is 9.05. The molecule has 2 N–H and O–H groups in total. The van der Waals surface area contributed by atoms with E-state index in [-0.39, 0.29) is 10.5 Å². The van der Waals surface area contributed by atoms with E-state index in [2.05, 4.69) is 17.0 Å². The number of nitrogens with one attached hydrogen (secondary N) is 2. The Labute approximate surface area is 167 Å². The second-order valence-corrected chi connectivity index (χ2v) is 9.10. The number of anilines is 1. The maximum atomic E-state index is 14.2. The Hall–Kier alpha value is -1.92. The zero-order chi connectivity index (χ0) is 20.1. The van der Waals surface area contributed by atoms with Gasteiger partial charge in [-0.25, -0.2) is 12.8 Å². The highest BCUT2D eigenvalue weighted by molar-refractivity contribution is 7.92. The average Bonchev–Trinajstić information content (AvgIpc) is 2.67. The Kier molecular flexibility index (Phi) is 6.73. The highest BCUT2D eigenvalue weighted by atomic mass is 32.2. The third-order valence-electron chi connectivity index (χ3n) is 5.24. The minimum Gasteiger partial charge on any atom is -0.314 e. The summed E-state index contributed by atoms with van der Waals surface area (Å²) in [5, 5.41) is 3.56. The fraction of sp³-hybridized carbons (Fsp3) is 0.455. The molecule has 1 atom stereocenters. The standard InChI is InChI=1S/C22H29FN2O2S/c1-3-6-20-21(23)7-5-8-22(20)28(26,27)25-19-12-10-16-14-18(24-13-4-2)11-9-17(16)15-19/h5,7-8,10,12,15,18,24-25H,3-4,6,9,11,13-14H2,1-2H3/t18-/m0/s1. The first kappa shape index (κ1) is 20.8. The molecule has 4 nitrogen and oxygen atoms in total. The van der Waals surface area contributed by atoms with Crippen LogP contribution in [0, 0.1) is 5.82 Å². The van der Waals surface area contributed by atoms with Gasteiger partial charge in [0, 0.05) is 17.3 Å². The molecule has 2 aromatic rings. The molecule has 1 aliphatic carbocycles. The Balaban J connectivity index is 1.80. The number of hydrogen-bond acceptors (Lipinski definition) is 3. The predicted molar refractivity (Wildman–Crippen MR) is 112 cm³/mol. The molecule has 0 unspecified atom stereocenters. The largest absolute Gasteiger partial charge is 0.314 e. The Bertz CT molecular complexity index is 928. The van der Waals surface area contributed by atoms with Crippen molar-refractivity contribution in [1.29, 1.82) is 0 Å². The first-order chi connectivity index (χ1) is 13.4. The Morgan fingerprint density at radius 1 is 1.11 bits per heavy atom. The van der Waals surface area contributed by atoms with Gasteiger partial charge in [0.05, 0.1) is 4.90 Å². The molecule has 0 aliphatic heterocycles. The highest BCUT2D eigenvalue weighted by Crippen LogP contribution is 2.27. The van der Waals surface area contributed by atoms with E-state index < -0.39 is 15.8 Å². The summed E-state index contributed by atoms with van der Waals surface area (Å²) < 4.78 is 42.6. The van der Waals surface area contributed by atoms with E-state index in [1.165, 1.54) is 29.3 Å². The molecule has 2 aromatic carbocycles. The summed E-state index contributed by atoms with van der Waals surface area (Å²) in [5.41, 5.74) is 3.23. The lowest BCUT2D eigenvalue weighted by molar-refractivity contribution is 0.459. The number of hydrogen-bond donors (Lipinski definition) is 2. The summed E-state index contributed by atoms with van der Waals surface area (Å²) in [5.74, 6) is -0.471. The number of halogens is 1. The molecule has 28 heavy (non-hydrogen) atoms.